The molecule has 0 radical (unpaired) electrons. The van der Waals surface area contributed by atoms with Gasteiger partial charge in [-0.15, -0.1) is 0 Å². The van der Waals surface area contributed by atoms with E-state index < -0.39 is 24.5 Å². The highest BCUT2D eigenvalue weighted by molar-refractivity contribution is 6.61. The SMILES string of the molecule is CC1(C(=O)OC(=O)c2c(Cl)cc(Cl)cc2Cl)COB(c2ccccc2)OC1. The molecule has 0 atom stereocenters. The molecule has 1 aliphatic rings. The van der Waals surface area contributed by atoms with E-state index in [-0.39, 0.29) is 33.8 Å². The van der Waals surface area contributed by atoms with Gasteiger partial charge in [0.05, 0.1) is 15.6 Å². The Labute approximate surface area is 171 Å². The lowest BCUT2D eigenvalue weighted by atomic mass is 9.75. The molecule has 27 heavy (non-hydrogen) atoms. The molecule has 9 heteroatoms. The Morgan fingerprint density at radius 1 is 1.04 bits per heavy atom. The molecule has 0 saturated carbocycles. The van der Waals surface area contributed by atoms with E-state index in [0.29, 0.717) is 0 Å². The van der Waals surface area contributed by atoms with Gasteiger partial charge in [-0.05, 0) is 24.5 Å². The van der Waals surface area contributed by atoms with Crippen LogP contribution in [-0.4, -0.2) is 32.3 Å². The number of hydrogen-bond acceptors (Lipinski definition) is 5. The molecule has 0 bridgehead atoms. The molecule has 1 aliphatic heterocycles. The first-order valence-electron chi connectivity index (χ1n) is 7.99. The summed E-state index contributed by atoms with van der Waals surface area (Å²) in [4.78, 5) is 24.9. The van der Waals surface area contributed by atoms with Crippen molar-refractivity contribution in [1.29, 1.82) is 0 Å². The second-order valence-electron chi connectivity index (χ2n) is 6.35. The number of halogens is 3. The fraction of sp³-hybridized carbons (Fsp3) is 0.222. The Balaban J connectivity index is 1.67. The highest BCUT2D eigenvalue weighted by atomic mass is 35.5. The molecule has 0 N–H and O–H groups in total. The predicted molar refractivity (Wildman–Crippen MR) is 104 cm³/mol. The number of benzene rings is 2. The van der Waals surface area contributed by atoms with E-state index in [9.17, 15) is 9.59 Å². The number of hydrogen-bond donors (Lipinski definition) is 0. The maximum absolute atomic E-state index is 12.5. The first kappa shape index (κ1) is 20.2. The maximum atomic E-state index is 12.5. The average Bonchev–Trinajstić information content (AvgIpc) is 2.62. The summed E-state index contributed by atoms with van der Waals surface area (Å²) in [6, 6.07) is 12.0. The van der Waals surface area contributed by atoms with Crippen LogP contribution in [-0.2, 0) is 18.8 Å². The van der Waals surface area contributed by atoms with Crippen molar-refractivity contribution >= 4 is 59.3 Å². The first-order valence-corrected chi connectivity index (χ1v) is 9.13. The van der Waals surface area contributed by atoms with Gasteiger partial charge < -0.3 is 14.0 Å². The molecule has 5 nitrogen and oxygen atoms in total. The largest absolute Gasteiger partial charge is 0.493 e. The summed E-state index contributed by atoms with van der Waals surface area (Å²) in [6.45, 7) is 1.65. The molecule has 0 unspecified atom stereocenters. The van der Waals surface area contributed by atoms with Gasteiger partial charge in [-0.2, -0.15) is 0 Å². The van der Waals surface area contributed by atoms with Crippen LogP contribution < -0.4 is 5.46 Å². The fourth-order valence-corrected chi connectivity index (χ4v) is 3.50. The maximum Gasteiger partial charge on any atom is 0.493 e. The van der Waals surface area contributed by atoms with Gasteiger partial charge in [-0.1, -0.05) is 65.1 Å². The van der Waals surface area contributed by atoms with E-state index in [1.165, 1.54) is 12.1 Å². The topological polar surface area (TPSA) is 61.8 Å². The molecule has 0 amide bonds. The Hall–Kier alpha value is -1.57. The van der Waals surface area contributed by atoms with Crippen molar-refractivity contribution in [3.05, 3.63) is 63.1 Å². The Morgan fingerprint density at radius 2 is 1.59 bits per heavy atom. The van der Waals surface area contributed by atoms with Gasteiger partial charge in [0.25, 0.3) is 0 Å². The molecule has 1 fully saturated rings. The number of carbonyl (C=O) groups is 2. The van der Waals surface area contributed by atoms with Crippen molar-refractivity contribution in [3.8, 4) is 0 Å². The summed E-state index contributed by atoms with van der Waals surface area (Å²) in [7, 11) is -0.581. The minimum atomic E-state index is -1.15. The van der Waals surface area contributed by atoms with E-state index in [0.717, 1.165) is 5.46 Å². The van der Waals surface area contributed by atoms with Gasteiger partial charge in [-0.3, -0.25) is 4.79 Å². The molecular formula is C18H14BCl3O5. The molecule has 0 spiro atoms. The quantitative estimate of drug-likeness (QED) is 0.424. The lowest BCUT2D eigenvalue weighted by Gasteiger charge is -2.33. The minimum absolute atomic E-state index is 0.00395. The predicted octanol–water partition coefficient (Wildman–Crippen LogP) is 3.78. The first-order chi connectivity index (χ1) is 12.8. The summed E-state index contributed by atoms with van der Waals surface area (Å²) in [5.74, 6) is -1.75. The molecule has 1 saturated heterocycles. The van der Waals surface area contributed by atoms with Crippen molar-refractivity contribution in [2.75, 3.05) is 13.2 Å². The third-order valence-corrected chi connectivity index (χ3v) is 4.88. The molecule has 3 rings (SSSR count). The van der Waals surface area contributed by atoms with Crippen molar-refractivity contribution < 1.29 is 23.6 Å². The molecule has 2 aromatic carbocycles. The molecule has 1 heterocycles. The Morgan fingerprint density at radius 3 is 2.15 bits per heavy atom. The van der Waals surface area contributed by atoms with Crippen LogP contribution >= 0.6 is 34.8 Å². The normalized spacial score (nSPS) is 16.1. The lowest BCUT2D eigenvalue weighted by Crippen LogP contribution is -2.52. The molecule has 2 aromatic rings. The summed E-state index contributed by atoms with van der Waals surface area (Å²) in [5, 5.41) is 0.257. The van der Waals surface area contributed by atoms with Crippen molar-refractivity contribution in [2.24, 2.45) is 5.41 Å². The summed E-state index contributed by atoms with van der Waals surface area (Å²) < 4.78 is 16.3. The second-order valence-corrected chi connectivity index (χ2v) is 7.60. The average molecular weight is 427 g/mol. The van der Waals surface area contributed by atoms with E-state index >= 15 is 0 Å². The van der Waals surface area contributed by atoms with E-state index in [2.05, 4.69) is 0 Å². The van der Waals surface area contributed by atoms with Crippen molar-refractivity contribution in [3.63, 3.8) is 0 Å². The number of ether oxygens (including phenoxy) is 1. The Kier molecular flexibility index (Phi) is 6.13. The van der Waals surface area contributed by atoms with Gasteiger partial charge >= 0.3 is 19.1 Å². The highest BCUT2D eigenvalue weighted by Gasteiger charge is 2.44. The monoisotopic (exact) mass is 426 g/mol. The summed E-state index contributed by atoms with van der Waals surface area (Å²) in [5.41, 5.74) is -0.435. The van der Waals surface area contributed by atoms with Crippen molar-refractivity contribution in [1.82, 2.24) is 0 Å². The number of carbonyl (C=O) groups excluding carboxylic acids is 2. The standard InChI is InChI=1S/C18H14BCl3O5/c1-18(9-25-19(26-10-18)11-5-3-2-4-6-11)17(24)27-16(23)15-13(21)7-12(20)8-14(15)22/h2-8H,9-10H2,1H3. The third kappa shape index (κ3) is 4.47. The highest BCUT2D eigenvalue weighted by Crippen LogP contribution is 2.31. The summed E-state index contributed by atoms with van der Waals surface area (Å²) in [6.07, 6.45) is 0. The van der Waals surface area contributed by atoms with E-state index in [4.69, 9.17) is 48.8 Å². The number of esters is 2. The van der Waals surface area contributed by atoms with Crippen LogP contribution in [0.2, 0.25) is 15.1 Å². The van der Waals surface area contributed by atoms with Gasteiger partial charge in [-0.25, -0.2) is 4.79 Å². The fourth-order valence-electron chi connectivity index (χ4n) is 2.53. The summed E-state index contributed by atoms with van der Waals surface area (Å²) >= 11 is 17.8. The number of rotatable bonds is 3. The smallest absolute Gasteiger partial charge is 0.406 e. The van der Waals surface area contributed by atoms with Gasteiger partial charge in [0, 0.05) is 18.2 Å². The van der Waals surface area contributed by atoms with Gasteiger partial charge in [0.1, 0.15) is 5.41 Å². The van der Waals surface area contributed by atoms with Gasteiger partial charge in [0.15, 0.2) is 0 Å². The minimum Gasteiger partial charge on any atom is -0.406 e. The van der Waals surface area contributed by atoms with Crippen LogP contribution in [0.1, 0.15) is 17.3 Å². The van der Waals surface area contributed by atoms with Crippen LogP contribution in [0.25, 0.3) is 0 Å². The van der Waals surface area contributed by atoms with Gasteiger partial charge in [0.2, 0.25) is 0 Å². The zero-order valence-corrected chi connectivity index (χ0v) is 16.5. The second kappa shape index (κ2) is 8.21. The zero-order chi connectivity index (χ0) is 19.6. The van der Waals surface area contributed by atoms with Crippen LogP contribution in [0.4, 0.5) is 0 Å². The van der Waals surface area contributed by atoms with Crippen LogP contribution in [0, 0.1) is 5.41 Å². The van der Waals surface area contributed by atoms with Crippen molar-refractivity contribution in [2.45, 2.75) is 6.92 Å². The Bertz CT molecular complexity index is 844. The van der Waals surface area contributed by atoms with Crippen LogP contribution in [0.15, 0.2) is 42.5 Å². The van der Waals surface area contributed by atoms with E-state index in [1.54, 1.807) is 6.92 Å². The molecule has 0 aromatic heterocycles. The van der Waals surface area contributed by atoms with Crippen LogP contribution in [0.5, 0.6) is 0 Å². The molecular weight excluding hydrogens is 413 g/mol. The lowest BCUT2D eigenvalue weighted by molar-refractivity contribution is -0.155. The van der Waals surface area contributed by atoms with Crippen LogP contribution in [0.3, 0.4) is 0 Å². The molecule has 0 aliphatic carbocycles. The zero-order valence-electron chi connectivity index (χ0n) is 14.2. The molecule has 140 valence electrons. The third-order valence-electron chi connectivity index (χ3n) is 4.07. The van der Waals surface area contributed by atoms with E-state index in [1.807, 2.05) is 30.3 Å².